The lowest BCUT2D eigenvalue weighted by Gasteiger charge is -2.24. The van der Waals surface area contributed by atoms with E-state index < -0.39 is 0 Å². The molecular weight excluding hydrogens is 242 g/mol. The summed E-state index contributed by atoms with van der Waals surface area (Å²) in [6, 6.07) is 11.5. The quantitative estimate of drug-likeness (QED) is 0.653. The first-order chi connectivity index (χ1) is 9.51. The molecule has 0 bridgehead atoms. The summed E-state index contributed by atoms with van der Waals surface area (Å²) < 4.78 is 0. The first kappa shape index (κ1) is 17.2. The van der Waals surface area contributed by atoms with Crippen molar-refractivity contribution in [1.82, 2.24) is 5.32 Å². The molecule has 1 heteroatoms. The first-order valence-corrected chi connectivity index (χ1v) is 8.28. The summed E-state index contributed by atoms with van der Waals surface area (Å²) in [5.74, 6) is 0. The van der Waals surface area contributed by atoms with Crippen LogP contribution in [0.4, 0.5) is 0 Å². The van der Waals surface area contributed by atoms with Gasteiger partial charge in [-0.25, -0.2) is 0 Å². The minimum Gasteiger partial charge on any atom is -0.314 e. The van der Waals surface area contributed by atoms with Gasteiger partial charge in [0, 0.05) is 6.04 Å². The zero-order chi connectivity index (χ0) is 14.8. The molecule has 0 heterocycles. The van der Waals surface area contributed by atoms with Crippen molar-refractivity contribution in [2.24, 2.45) is 5.41 Å². The lowest BCUT2D eigenvalue weighted by atomic mass is 9.87. The SMILES string of the molecule is CCCNC(CCCc1ccccc1)CCC(C)(C)C. The van der Waals surface area contributed by atoms with Gasteiger partial charge in [-0.05, 0) is 56.0 Å². The summed E-state index contributed by atoms with van der Waals surface area (Å²) >= 11 is 0. The molecule has 0 aliphatic carbocycles. The van der Waals surface area contributed by atoms with E-state index in [1.165, 1.54) is 44.1 Å². The standard InChI is InChI=1S/C19H33N/c1-5-16-20-18(14-15-19(2,3)4)13-9-12-17-10-7-6-8-11-17/h6-8,10-11,18,20H,5,9,12-16H2,1-4H3. The molecule has 0 radical (unpaired) electrons. The maximum absolute atomic E-state index is 3.73. The van der Waals surface area contributed by atoms with Crippen LogP contribution < -0.4 is 5.32 Å². The maximum atomic E-state index is 3.73. The number of hydrogen-bond donors (Lipinski definition) is 1. The van der Waals surface area contributed by atoms with E-state index in [4.69, 9.17) is 0 Å². The fraction of sp³-hybridized carbons (Fsp3) is 0.684. The van der Waals surface area contributed by atoms with E-state index in [9.17, 15) is 0 Å². The molecule has 20 heavy (non-hydrogen) atoms. The summed E-state index contributed by atoms with van der Waals surface area (Å²) in [5.41, 5.74) is 1.92. The molecule has 1 N–H and O–H groups in total. The lowest BCUT2D eigenvalue weighted by molar-refractivity contribution is 0.320. The molecule has 1 rings (SSSR count). The molecule has 0 saturated carbocycles. The van der Waals surface area contributed by atoms with Gasteiger partial charge in [-0.15, -0.1) is 0 Å². The van der Waals surface area contributed by atoms with E-state index in [0.29, 0.717) is 11.5 Å². The molecule has 0 aliphatic heterocycles. The highest BCUT2D eigenvalue weighted by Gasteiger charge is 2.14. The van der Waals surface area contributed by atoms with E-state index in [0.717, 1.165) is 6.54 Å². The maximum Gasteiger partial charge on any atom is 0.00673 e. The minimum atomic E-state index is 0.450. The van der Waals surface area contributed by atoms with Crippen LogP contribution in [0.1, 0.15) is 65.4 Å². The van der Waals surface area contributed by atoms with E-state index in [-0.39, 0.29) is 0 Å². The van der Waals surface area contributed by atoms with Crippen molar-refractivity contribution in [3.8, 4) is 0 Å². The van der Waals surface area contributed by atoms with Gasteiger partial charge in [0.15, 0.2) is 0 Å². The smallest absolute Gasteiger partial charge is 0.00673 e. The van der Waals surface area contributed by atoms with Crippen LogP contribution in [-0.4, -0.2) is 12.6 Å². The largest absolute Gasteiger partial charge is 0.314 e. The van der Waals surface area contributed by atoms with Crippen molar-refractivity contribution in [2.45, 2.75) is 72.3 Å². The van der Waals surface area contributed by atoms with Crippen LogP contribution in [-0.2, 0) is 6.42 Å². The Morgan fingerprint density at radius 3 is 2.35 bits per heavy atom. The Bertz CT molecular complexity index is 337. The van der Waals surface area contributed by atoms with Crippen LogP contribution in [0.15, 0.2) is 30.3 Å². The Morgan fingerprint density at radius 1 is 1.05 bits per heavy atom. The van der Waals surface area contributed by atoms with Gasteiger partial charge in [-0.2, -0.15) is 0 Å². The molecule has 1 nitrogen and oxygen atoms in total. The molecule has 0 saturated heterocycles. The Hall–Kier alpha value is -0.820. The van der Waals surface area contributed by atoms with Gasteiger partial charge >= 0.3 is 0 Å². The van der Waals surface area contributed by atoms with Crippen molar-refractivity contribution in [2.75, 3.05) is 6.54 Å². The minimum absolute atomic E-state index is 0.450. The van der Waals surface area contributed by atoms with Crippen molar-refractivity contribution in [3.63, 3.8) is 0 Å². The first-order valence-electron chi connectivity index (χ1n) is 8.28. The van der Waals surface area contributed by atoms with E-state index in [2.05, 4.69) is 63.3 Å². The molecule has 1 aromatic rings. The van der Waals surface area contributed by atoms with Gasteiger partial charge in [-0.3, -0.25) is 0 Å². The van der Waals surface area contributed by atoms with Crippen molar-refractivity contribution in [1.29, 1.82) is 0 Å². The highest BCUT2D eigenvalue weighted by Crippen LogP contribution is 2.23. The van der Waals surface area contributed by atoms with E-state index >= 15 is 0 Å². The second kappa shape index (κ2) is 9.18. The van der Waals surface area contributed by atoms with E-state index in [1.807, 2.05) is 0 Å². The summed E-state index contributed by atoms with van der Waals surface area (Å²) in [7, 11) is 0. The summed E-state index contributed by atoms with van der Waals surface area (Å²) in [6.45, 7) is 10.4. The van der Waals surface area contributed by atoms with Crippen LogP contribution in [0.3, 0.4) is 0 Å². The molecule has 114 valence electrons. The van der Waals surface area contributed by atoms with Crippen LogP contribution >= 0.6 is 0 Å². The van der Waals surface area contributed by atoms with Crippen molar-refractivity contribution < 1.29 is 0 Å². The molecular formula is C19H33N. The van der Waals surface area contributed by atoms with Gasteiger partial charge in [0.1, 0.15) is 0 Å². The predicted octanol–water partition coefficient (Wildman–Crippen LogP) is 5.20. The van der Waals surface area contributed by atoms with Crippen LogP contribution in [0, 0.1) is 5.41 Å². The summed E-state index contributed by atoms with van der Waals surface area (Å²) in [4.78, 5) is 0. The third kappa shape index (κ3) is 8.37. The number of aryl methyl sites for hydroxylation is 1. The third-order valence-electron chi connectivity index (χ3n) is 3.79. The average molecular weight is 275 g/mol. The molecule has 1 atom stereocenters. The molecule has 0 spiro atoms. The normalized spacial score (nSPS) is 13.4. The fourth-order valence-electron chi connectivity index (χ4n) is 2.50. The van der Waals surface area contributed by atoms with Gasteiger partial charge in [0.05, 0.1) is 0 Å². The predicted molar refractivity (Wildman–Crippen MR) is 90.2 cm³/mol. The van der Waals surface area contributed by atoms with Crippen LogP contribution in [0.5, 0.6) is 0 Å². The number of hydrogen-bond acceptors (Lipinski definition) is 1. The molecule has 1 unspecified atom stereocenters. The highest BCUT2D eigenvalue weighted by molar-refractivity contribution is 5.14. The van der Waals surface area contributed by atoms with Crippen molar-refractivity contribution in [3.05, 3.63) is 35.9 Å². The van der Waals surface area contributed by atoms with Gasteiger partial charge in [0.2, 0.25) is 0 Å². The van der Waals surface area contributed by atoms with Gasteiger partial charge in [-0.1, -0.05) is 58.0 Å². The molecule has 1 aromatic carbocycles. The average Bonchev–Trinajstić information content (AvgIpc) is 2.41. The topological polar surface area (TPSA) is 12.0 Å². The number of benzene rings is 1. The molecule has 0 amide bonds. The van der Waals surface area contributed by atoms with Crippen molar-refractivity contribution >= 4 is 0 Å². The molecule has 0 aromatic heterocycles. The number of rotatable bonds is 9. The second-order valence-electron chi connectivity index (χ2n) is 7.13. The summed E-state index contributed by atoms with van der Waals surface area (Å²) in [5, 5.41) is 3.73. The monoisotopic (exact) mass is 275 g/mol. The Labute approximate surface area is 126 Å². The Morgan fingerprint density at radius 2 is 1.75 bits per heavy atom. The zero-order valence-corrected chi connectivity index (χ0v) is 13.9. The fourth-order valence-corrected chi connectivity index (χ4v) is 2.50. The summed E-state index contributed by atoms with van der Waals surface area (Å²) in [6.07, 6.45) is 7.63. The molecule has 0 fully saturated rings. The number of nitrogens with one attached hydrogen (secondary N) is 1. The Balaban J connectivity index is 2.32. The van der Waals surface area contributed by atoms with Gasteiger partial charge < -0.3 is 5.32 Å². The van der Waals surface area contributed by atoms with Crippen LogP contribution in [0.25, 0.3) is 0 Å². The van der Waals surface area contributed by atoms with E-state index in [1.54, 1.807) is 0 Å². The zero-order valence-electron chi connectivity index (χ0n) is 13.9. The Kier molecular flexibility index (Phi) is 7.91. The second-order valence-corrected chi connectivity index (χ2v) is 7.13. The highest BCUT2D eigenvalue weighted by atomic mass is 14.9. The van der Waals surface area contributed by atoms with Crippen LogP contribution in [0.2, 0.25) is 0 Å². The third-order valence-corrected chi connectivity index (χ3v) is 3.79. The lowest BCUT2D eigenvalue weighted by Crippen LogP contribution is -2.31. The van der Waals surface area contributed by atoms with Gasteiger partial charge in [0.25, 0.3) is 0 Å². The molecule has 0 aliphatic rings.